The summed E-state index contributed by atoms with van der Waals surface area (Å²) in [7, 11) is 1.76. The van der Waals surface area contributed by atoms with Gasteiger partial charge < -0.3 is 0 Å². The Morgan fingerprint density at radius 2 is 1.79 bits per heavy atom. The van der Waals surface area contributed by atoms with Gasteiger partial charge in [-0.25, -0.2) is 4.68 Å². The molecule has 0 saturated carbocycles. The van der Waals surface area contributed by atoms with Gasteiger partial charge >= 0.3 is 0 Å². The van der Waals surface area contributed by atoms with Gasteiger partial charge in [-0.2, -0.15) is 20.7 Å². The second kappa shape index (κ2) is 8.02. The fourth-order valence-electron chi connectivity index (χ4n) is 2.58. The molecule has 2 N–H and O–H groups in total. The molecule has 3 aromatic rings. The summed E-state index contributed by atoms with van der Waals surface area (Å²) in [5.74, 6) is 0.172. The zero-order valence-corrected chi connectivity index (χ0v) is 15.9. The summed E-state index contributed by atoms with van der Waals surface area (Å²) in [6.45, 7) is 3.48. The summed E-state index contributed by atoms with van der Waals surface area (Å²) < 4.78 is 3.20. The number of nitrogens with one attached hydrogen (secondary N) is 2. The molecule has 0 unspecified atom stereocenters. The van der Waals surface area contributed by atoms with E-state index in [9.17, 15) is 4.79 Å². The number of benzene rings is 1. The van der Waals surface area contributed by atoms with Crippen molar-refractivity contribution in [3.63, 3.8) is 0 Å². The largest absolute Gasteiger partial charge is 0.299 e. The molecule has 11 heteroatoms. The van der Waals surface area contributed by atoms with Gasteiger partial charge in [-0.1, -0.05) is 18.2 Å². The van der Waals surface area contributed by atoms with Gasteiger partial charge in [0, 0.05) is 7.05 Å². The van der Waals surface area contributed by atoms with Gasteiger partial charge in [0.05, 0.1) is 17.1 Å². The van der Waals surface area contributed by atoms with Gasteiger partial charge in [0.15, 0.2) is 17.2 Å². The predicted octanol–water partition coefficient (Wildman–Crippen LogP) is 2.75. The number of aromatic amines is 1. The Morgan fingerprint density at radius 3 is 2.45 bits per heavy atom. The number of hydrogen-bond acceptors (Lipinski definition) is 8. The molecule has 0 aliphatic rings. The van der Waals surface area contributed by atoms with Crippen LogP contribution >= 0.6 is 0 Å². The number of hydrazone groups is 1. The van der Waals surface area contributed by atoms with E-state index in [2.05, 4.69) is 31.0 Å². The third-order valence-corrected chi connectivity index (χ3v) is 4.17. The molecule has 2 heterocycles. The molecule has 11 nitrogen and oxygen atoms in total. The highest BCUT2D eigenvalue weighted by atomic mass is 16.1. The van der Waals surface area contributed by atoms with E-state index in [-0.39, 0.29) is 22.8 Å². The molecule has 0 atom stereocenters. The van der Waals surface area contributed by atoms with Crippen LogP contribution in [-0.2, 0) is 7.05 Å². The van der Waals surface area contributed by atoms with E-state index >= 15 is 0 Å². The molecule has 0 aliphatic heterocycles. The Kier molecular flexibility index (Phi) is 5.33. The first-order chi connectivity index (χ1) is 14.0. The lowest BCUT2D eigenvalue weighted by molar-refractivity contribution is 0.630. The van der Waals surface area contributed by atoms with E-state index in [0.29, 0.717) is 22.8 Å². The summed E-state index contributed by atoms with van der Waals surface area (Å²) in [5.41, 5.74) is 4.22. The molecule has 29 heavy (non-hydrogen) atoms. The monoisotopic (exact) mass is 388 g/mol. The van der Waals surface area contributed by atoms with E-state index in [0.717, 1.165) is 0 Å². The molecule has 1 aromatic carbocycles. The molecular weight excluding hydrogens is 372 g/mol. The molecular formula is C18H16N10O. The third kappa shape index (κ3) is 3.65. The lowest BCUT2D eigenvalue weighted by atomic mass is 10.3. The highest BCUT2D eigenvalue weighted by molar-refractivity contribution is 6.10. The number of para-hydroxylation sites is 1. The first-order valence-electron chi connectivity index (χ1n) is 8.42. The Morgan fingerprint density at radius 1 is 1.14 bits per heavy atom. The van der Waals surface area contributed by atoms with Gasteiger partial charge in [-0.15, -0.1) is 10.2 Å². The predicted molar refractivity (Wildman–Crippen MR) is 106 cm³/mol. The number of rotatable bonds is 5. The van der Waals surface area contributed by atoms with Gasteiger partial charge in [0.2, 0.25) is 5.71 Å². The van der Waals surface area contributed by atoms with Crippen molar-refractivity contribution in [2.75, 3.05) is 5.43 Å². The van der Waals surface area contributed by atoms with Gasteiger partial charge in [-0.3, -0.25) is 20.0 Å². The molecule has 0 bridgehead atoms. The average Bonchev–Trinajstić information content (AvgIpc) is 3.18. The summed E-state index contributed by atoms with van der Waals surface area (Å²) in [6.07, 6.45) is 0. The van der Waals surface area contributed by atoms with Crippen LogP contribution in [0, 0.1) is 36.5 Å². The zero-order valence-electron chi connectivity index (χ0n) is 15.9. The first kappa shape index (κ1) is 19.3. The lowest BCUT2D eigenvalue weighted by Crippen LogP contribution is -2.19. The van der Waals surface area contributed by atoms with E-state index in [1.165, 1.54) is 4.68 Å². The van der Waals surface area contributed by atoms with E-state index in [1.54, 1.807) is 37.7 Å². The van der Waals surface area contributed by atoms with Crippen LogP contribution < -0.4 is 11.0 Å². The number of azo groups is 1. The maximum atomic E-state index is 12.9. The smallest absolute Gasteiger partial charge is 0.283 e. The van der Waals surface area contributed by atoms with Crippen molar-refractivity contribution in [1.29, 1.82) is 10.5 Å². The number of hydrogen-bond donors (Lipinski definition) is 2. The maximum Gasteiger partial charge on any atom is 0.299 e. The second-order valence-corrected chi connectivity index (χ2v) is 5.95. The minimum atomic E-state index is -0.363. The van der Waals surface area contributed by atoms with Crippen molar-refractivity contribution in [3.8, 4) is 17.8 Å². The molecule has 3 rings (SSSR count). The minimum Gasteiger partial charge on any atom is -0.283 e. The van der Waals surface area contributed by atoms with Crippen LogP contribution in [0.5, 0.6) is 0 Å². The van der Waals surface area contributed by atoms with Crippen molar-refractivity contribution in [3.05, 3.63) is 52.1 Å². The number of aromatic nitrogens is 4. The number of aryl methyl sites for hydroxylation is 1. The Balaban J connectivity index is 2.00. The average molecular weight is 388 g/mol. The topological polar surface area (TPSA) is 152 Å². The van der Waals surface area contributed by atoms with Crippen molar-refractivity contribution >= 4 is 22.9 Å². The van der Waals surface area contributed by atoms with E-state index < -0.39 is 0 Å². The number of nitrogens with zero attached hydrogens (tertiary/aromatic N) is 8. The number of anilines is 1. The molecule has 2 aromatic heterocycles. The van der Waals surface area contributed by atoms with Crippen LogP contribution in [0.15, 0.2) is 50.5 Å². The number of H-pyrrole nitrogens is 1. The summed E-state index contributed by atoms with van der Waals surface area (Å²) in [6, 6.07) is 12.5. The molecule has 0 aliphatic carbocycles. The third-order valence-electron chi connectivity index (χ3n) is 4.17. The van der Waals surface area contributed by atoms with Crippen molar-refractivity contribution in [2.24, 2.45) is 22.4 Å². The molecule has 0 saturated heterocycles. The van der Waals surface area contributed by atoms with Gasteiger partial charge in [0.25, 0.3) is 5.56 Å². The Bertz CT molecular complexity index is 1230. The van der Waals surface area contributed by atoms with Gasteiger partial charge in [0.1, 0.15) is 12.1 Å². The quantitative estimate of drug-likeness (QED) is 0.391. The van der Waals surface area contributed by atoms with Crippen LogP contribution in [0.3, 0.4) is 0 Å². The van der Waals surface area contributed by atoms with Crippen molar-refractivity contribution < 1.29 is 0 Å². The van der Waals surface area contributed by atoms with Crippen molar-refractivity contribution in [2.45, 2.75) is 13.8 Å². The maximum absolute atomic E-state index is 12.9. The van der Waals surface area contributed by atoms with Crippen LogP contribution in [0.2, 0.25) is 0 Å². The highest BCUT2D eigenvalue weighted by Gasteiger charge is 2.17. The van der Waals surface area contributed by atoms with Crippen LogP contribution in [-0.4, -0.2) is 25.3 Å². The van der Waals surface area contributed by atoms with Crippen molar-refractivity contribution in [1.82, 2.24) is 19.6 Å². The molecule has 0 amide bonds. The van der Waals surface area contributed by atoms with E-state index in [4.69, 9.17) is 10.5 Å². The van der Waals surface area contributed by atoms with E-state index in [1.807, 2.05) is 30.3 Å². The lowest BCUT2D eigenvalue weighted by Gasteiger charge is -2.07. The molecule has 144 valence electrons. The second-order valence-electron chi connectivity index (χ2n) is 5.95. The Hall–Kier alpha value is -4.51. The fraction of sp³-hybridized carbons (Fsp3) is 0.167. The van der Waals surface area contributed by atoms with Crippen LogP contribution in [0.4, 0.5) is 17.2 Å². The Labute approximate surface area is 165 Å². The molecule has 0 spiro atoms. The fourth-order valence-corrected chi connectivity index (χ4v) is 2.58. The van der Waals surface area contributed by atoms with Crippen LogP contribution in [0.25, 0.3) is 5.69 Å². The zero-order chi connectivity index (χ0) is 21.0. The van der Waals surface area contributed by atoms with Gasteiger partial charge in [-0.05, 0) is 26.0 Å². The highest BCUT2D eigenvalue weighted by Crippen LogP contribution is 2.28. The first-order valence-corrected chi connectivity index (χ1v) is 8.42. The standard InChI is InChI=1S/C18H16N10O/c1-11-15(17(25-21-11)26-22-13(9-19)10-20)23-24-16-12(2)27(3)28(18(16)29)14-7-5-4-6-8-14/h4-8H,1-3H3,(H2,21,25,26). The normalized spacial score (nSPS) is 10.5. The molecule has 0 radical (unpaired) electrons. The minimum absolute atomic E-state index is 0.172. The van der Waals surface area contributed by atoms with Crippen LogP contribution in [0.1, 0.15) is 11.4 Å². The molecule has 0 fully saturated rings. The number of nitriles is 2. The summed E-state index contributed by atoms with van der Waals surface area (Å²) in [4.78, 5) is 12.9. The SMILES string of the molecule is Cc1[nH]nc(NN=C(C#N)C#N)c1N=Nc1c(C)n(C)n(-c2ccccc2)c1=O. The summed E-state index contributed by atoms with van der Waals surface area (Å²) in [5, 5.41) is 36.1. The summed E-state index contributed by atoms with van der Waals surface area (Å²) >= 11 is 0.